The number of imidazole rings is 1. The summed E-state index contributed by atoms with van der Waals surface area (Å²) in [5.74, 6) is 0.899. The van der Waals surface area contributed by atoms with Crippen molar-refractivity contribution in [2.75, 3.05) is 0 Å². The molecular weight excluding hydrogens is 394 g/mol. The molecule has 0 fully saturated rings. The lowest BCUT2D eigenvalue weighted by Gasteiger charge is -2.08. The number of hydrogen-bond acceptors (Lipinski definition) is 2. The van der Waals surface area contributed by atoms with Crippen molar-refractivity contribution < 1.29 is 0 Å². The van der Waals surface area contributed by atoms with Crippen molar-refractivity contribution in [3.8, 4) is 17.5 Å². The van der Waals surface area contributed by atoms with Crippen LogP contribution in [-0.4, -0.2) is 9.55 Å². The van der Waals surface area contributed by atoms with Crippen molar-refractivity contribution in [1.82, 2.24) is 9.55 Å². The van der Waals surface area contributed by atoms with Crippen LogP contribution in [0.5, 0.6) is 0 Å². The first-order chi connectivity index (χ1) is 10.1. The molecule has 1 aromatic heterocycles. The second-order valence-corrected chi connectivity index (χ2v) is 6.39. The highest BCUT2D eigenvalue weighted by Gasteiger charge is 2.14. The van der Waals surface area contributed by atoms with Gasteiger partial charge in [-0.25, -0.2) is 4.98 Å². The molecule has 0 spiro atoms. The first kappa shape index (κ1) is 14.3. The van der Waals surface area contributed by atoms with E-state index in [-0.39, 0.29) is 0 Å². The van der Waals surface area contributed by atoms with Crippen LogP contribution in [-0.2, 0) is 6.54 Å². The maximum absolute atomic E-state index is 9.03. The molecule has 0 radical (unpaired) electrons. The molecule has 0 N–H and O–H groups in total. The Balaban J connectivity index is 2.32. The predicted molar refractivity (Wildman–Crippen MR) is 91.0 cm³/mol. The Labute approximate surface area is 139 Å². The molecule has 0 aliphatic heterocycles. The van der Waals surface area contributed by atoms with Crippen LogP contribution >= 0.6 is 31.9 Å². The van der Waals surface area contributed by atoms with E-state index in [4.69, 9.17) is 10.2 Å². The van der Waals surface area contributed by atoms with E-state index in [1.807, 2.05) is 36.4 Å². The third kappa shape index (κ3) is 2.50. The van der Waals surface area contributed by atoms with Crippen molar-refractivity contribution in [2.24, 2.45) is 0 Å². The molecule has 0 saturated carbocycles. The van der Waals surface area contributed by atoms with E-state index in [1.165, 1.54) is 0 Å². The molecule has 0 aliphatic carbocycles. The summed E-state index contributed by atoms with van der Waals surface area (Å²) in [6.45, 7) is 2.91. The van der Waals surface area contributed by atoms with Crippen LogP contribution in [0.25, 0.3) is 22.4 Å². The molecule has 0 saturated heterocycles. The van der Waals surface area contributed by atoms with Crippen molar-refractivity contribution >= 4 is 42.9 Å². The normalized spacial score (nSPS) is 10.8. The van der Waals surface area contributed by atoms with E-state index in [2.05, 4.69) is 49.4 Å². The van der Waals surface area contributed by atoms with Gasteiger partial charge in [-0.05, 0) is 43.3 Å². The quantitative estimate of drug-likeness (QED) is 0.594. The van der Waals surface area contributed by atoms with Gasteiger partial charge in [0.05, 0.1) is 22.7 Å². The number of hydrogen-bond donors (Lipinski definition) is 0. The molecule has 3 rings (SSSR count). The van der Waals surface area contributed by atoms with Gasteiger partial charge in [0.15, 0.2) is 0 Å². The summed E-state index contributed by atoms with van der Waals surface area (Å²) in [7, 11) is 0. The minimum atomic E-state index is 0.628. The van der Waals surface area contributed by atoms with E-state index in [0.29, 0.717) is 5.56 Å². The highest BCUT2D eigenvalue weighted by Crippen LogP contribution is 2.32. The smallest absolute Gasteiger partial charge is 0.142 e. The number of halogens is 2. The van der Waals surface area contributed by atoms with Gasteiger partial charge in [-0.3, -0.25) is 0 Å². The number of benzene rings is 2. The Morgan fingerprint density at radius 3 is 2.71 bits per heavy atom. The van der Waals surface area contributed by atoms with Crippen LogP contribution in [0.2, 0.25) is 0 Å². The van der Waals surface area contributed by atoms with E-state index >= 15 is 0 Å². The molecule has 104 valence electrons. The Bertz CT molecular complexity index is 875. The van der Waals surface area contributed by atoms with Crippen LogP contribution in [0.3, 0.4) is 0 Å². The predicted octanol–water partition coefficient (Wildman–Crippen LogP) is 5.12. The molecule has 0 atom stereocenters. The number of aromatic nitrogens is 2. The van der Waals surface area contributed by atoms with Crippen LogP contribution in [0.15, 0.2) is 45.3 Å². The Morgan fingerprint density at radius 1 is 1.19 bits per heavy atom. The van der Waals surface area contributed by atoms with Crippen molar-refractivity contribution in [3.05, 3.63) is 50.9 Å². The van der Waals surface area contributed by atoms with Crippen LogP contribution in [0, 0.1) is 11.3 Å². The second kappa shape index (κ2) is 5.63. The summed E-state index contributed by atoms with van der Waals surface area (Å²) in [6.07, 6.45) is 0. The SMILES string of the molecule is CCn1c(-c2cc(Br)ccc2Br)nc2cc(C#N)ccc21. The molecule has 3 aromatic rings. The monoisotopic (exact) mass is 403 g/mol. The topological polar surface area (TPSA) is 41.6 Å². The maximum atomic E-state index is 9.03. The lowest BCUT2D eigenvalue weighted by atomic mass is 10.2. The molecule has 21 heavy (non-hydrogen) atoms. The lowest BCUT2D eigenvalue weighted by Crippen LogP contribution is -1.98. The average Bonchev–Trinajstić information content (AvgIpc) is 2.86. The number of aryl methyl sites for hydroxylation is 1. The molecule has 0 amide bonds. The molecule has 0 bridgehead atoms. The fraction of sp³-hybridized carbons (Fsp3) is 0.125. The third-order valence-corrected chi connectivity index (χ3v) is 4.55. The van der Waals surface area contributed by atoms with Crippen LogP contribution in [0.4, 0.5) is 0 Å². The molecule has 0 unspecified atom stereocenters. The second-order valence-electron chi connectivity index (χ2n) is 4.62. The van der Waals surface area contributed by atoms with Gasteiger partial charge in [0.25, 0.3) is 0 Å². The summed E-state index contributed by atoms with van der Waals surface area (Å²) in [5, 5.41) is 9.03. The van der Waals surface area contributed by atoms with Gasteiger partial charge in [-0.1, -0.05) is 31.9 Å². The average molecular weight is 405 g/mol. The first-order valence-electron chi connectivity index (χ1n) is 6.50. The highest BCUT2D eigenvalue weighted by atomic mass is 79.9. The van der Waals surface area contributed by atoms with Crippen molar-refractivity contribution in [2.45, 2.75) is 13.5 Å². The highest BCUT2D eigenvalue weighted by molar-refractivity contribution is 9.11. The van der Waals surface area contributed by atoms with Crippen molar-refractivity contribution in [1.29, 1.82) is 5.26 Å². The zero-order valence-electron chi connectivity index (χ0n) is 11.3. The summed E-state index contributed by atoms with van der Waals surface area (Å²) in [5.41, 5.74) is 3.54. The number of nitriles is 1. The Hall–Kier alpha value is -1.64. The number of nitrogens with zero attached hydrogens (tertiary/aromatic N) is 3. The van der Waals surface area contributed by atoms with Crippen molar-refractivity contribution in [3.63, 3.8) is 0 Å². The first-order valence-corrected chi connectivity index (χ1v) is 8.08. The zero-order valence-corrected chi connectivity index (χ0v) is 14.4. The van der Waals surface area contributed by atoms with E-state index < -0.39 is 0 Å². The van der Waals surface area contributed by atoms with Gasteiger partial charge in [0, 0.05) is 21.1 Å². The van der Waals surface area contributed by atoms with E-state index in [0.717, 1.165) is 37.9 Å². The summed E-state index contributed by atoms with van der Waals surface area (Å²) in [6, 6.07) is 13.8. The lowest BCUT2D eigenvalue weighted by molar-refractivity contribution is 0.796. The summed E-state index contributed by atoms with van der Waals surface area (Å²) in [4.78, 5) is 4.73. The van der Waals surface area contributed by atoms with Gasteiger partial charge < -0.3 is 4.57 Å². The van der Waals surface area contributed by atoms with Gasteiger partial charge in [0.1, 0.15) is 5.82 Å². The summed E-state index contributed by atoms with van der Waals surface area (Å²) >= 11 is 7.10. The van der Waals surface area contributed by atoms with E-state index in [9.17, 15) is 0 Å². The van der Waals surface area contributed by atoms with Gasteiger partial charge in [0.2, 0.25) is 0 Å². The molecule has 2 aromatic carbocycles. The van der Waals surface area contributed by atoms with Crippen LogP contribution < -0.4 is 0 Å². The third-order valence-electron chi connectivity index (χ3n) is 3.36. The fourth-order valence-electron chi connectivity index (χ4n) is 2.39. The number of rotatable bonds is 2. The summed E-state index contributed by atoms with van der Waals surface area (Å²) < 4.78 is 4.16. The van der Waals surface area contributed by atoms with Gasteiger partial charge in [-0.2, -0.15) is 5.26 Å². The largest absolute Gasteiger partial charge is 0.324 e. The fourth-order valence-corrected chi connectivity index (χ4v) is 3.18. The molecule has 3 nitrogen and oxygen atoms in total. The minimum absolute atomic E-state index is 0.628. The number of fused-ring (bicyclic) bond motifs is 1. The van der Waals surface area contributed by atoms with E-state index in [1.54, 1.807) is 0 Å². The minimum Gasteiger partial charge on any atom is -0.324 e. The Kier molecular flexibility index (Phi) is 3.83. The Morgan fingerprint density at radius 2 is 2.00 bits per heavy atom. The van der Waals surface area contributed by atoms with Gasteiger partial charge in [-0.15, -0.1) is 0 Å². The molecule has 1 heterocycles. The standard InChI is InChI=1S/C16H11Br2N3/c1-2-21-15-6-3-10(9-19)7-14(15)20-16(21)12-8-11(17)4-5-13(12)18/h3-8H,2H2,1H3. The maximum Gasteiger partial charge on any atom is 0.142 e. The van der Waals surface area contributed by atoms with Crippen LogP contribution in [0.1, 0.15) is 12.5 Å². The molecular formula is C16H11Br2N3. The van der Waals surface area contributed by atoms with Gasteiger partial charge >= 0.3 is 0 Å². The zero-order chi connectivity index (χ0) is 15.0. The molecule has 0 aliphatic rings. The molecule has 5 heteroatoms.